The average molecular weight is 352 g/mol. The molecule has 0 aliphatic heterocycles. The molecule has 2 rings (SSSR count). The molecule has 0 atom stereocenters. The van der Waals surface area contributed by atoms with Crippen LogP contribution in [-0.4, -0.2) is 9.36 Å². The normalized spacial score (nSPS) is 11.3. The van der Waals surface area contributed by atoms with E-state index >= 15 is 0 Å². The quantitative estimate of drug-likeness (QED) is 0.916. The van der Waals surface area contributed by atoms with Gasteiger partial charge in [-0.3, -0.25) is 9.48 Å². The summed E-state index contributed by atoms with van der Waals surface area (Å²) in [5.74, 6) is 0.450. The highest BCUT2D eigenvalue weighted by Gasteiger charge is 2.19. The third-order valence-electron chi connectivity index (χ3n) is 3.57. The predicted octanol–water partition coefficient (Wildman–Crippen LogP) is 3.51. The lowest BCUT2D eigenvalue weighted by Gasteiger charge is -2.16. The zero-order chi connectivity index (χ0) is 15.7. The highest BCUT2D eigenvalue weighted by molar-refractivity contribution is 9.10. The molecule has 0 saturated carbocycles. The van der Waals surface area contributed by atoms with Gasteiger partial charge in [-0.05, 0) is 49.9 Å². The molecular weight excluding hydrogens is 330 g/mol. The second kappa shape index (κ2) is 6.10. The zero-order valence-electron chi connectivity index (χ0n) is 13.0. The largest absolute Gasteiger partial charge is 0.393 e. The molecule has 2 aromatic rings. The van der Waals surface area contributed by atoms with Gasteiger partial charge >= 0.3 is 0 Å². The molecule has 5 heteroatoms. The molecule has 114 valence electrons. The SMILES string of the molecule is CCn1c(CC(C)C)c(N)c(=O)n1-c1ccc(Br)cc1C. The number of hydrogen-bond acceptors (Lipinski definition) is 2. The molecule has 21 heavy (non-hydrogen) atoms. The van der Waals surface area contributed by atoms with Gasteiger partial charge in [0.15, 0.2) is 0 Å². The standard InChI is InChI=1S/C16H22BrN3O/c1-5-19-14(8-10(2)3)15(18)16(21)20(19)13-7-6-12(17)9-11(13)4/h6-7,9-10H,5,8,18H2,1-4H3. The van der Waals surface area contributed by atoms with Crippen LogP contribution < -0.4 is 11.3 Å². The Balaban J connectivity index is 2.71. The summed E-state index contributed by atoms with van der Waals surface area (Å²) in [6, 6.07) is 5.90. The van der Waals surface area contributed by atoms with E-state index in [0.717, 1.165) is 27.8 Å². The lowest BCUT2D eigenvalue weighted by molar-refractivity contribution is 0.519. The molecule has 0 amide bonds. The van der Waals surface area contributed by atoms with E-state index in [1.54, 1.807) is 4.68 Å². The van der Waals surface area contributed by atoms with E-state index in [1.807, 2.05) is 36.7 Å². The van der Waals surface area contributed by atoms with Gasteiger partial charge in [0.1, 0.15) is 5.69 Å². The van der Waals surface area contributed by atoms with E-state index in [2.05, 4.69) is 29.8 Å². The van der Waals surface area contributed by atoms with Crippen molar-refractivity contribution in [3.63, 3.8) is 0 Å². The fourth-order valence-corrected chi connectivity index (χ4v) is 3.11. The Bertz CT molecular complexity index is 713. The van der Waals surface area contributed by atoms with Crippen LogP contribution in [0.4, 0.5) is 5.69 Å². The van der Waals surface area contributed by atoms with Gasteiger partial charge in [0.05, 0.1) is 11.4 Å². The minimum Gasteiger partial charge on any atom is -0.393 e. The topological polar surface area (TPSA) is 52.9 Å². The third kappa shape index (κ3) is 2.93. The van der Waals surface area contributed by atoms with Crippen molar-refractivity contribution in [3.8, 4) is 5.69 Å². The first-order valence-corrected chi connectivity index (χ1v) is 8.02. The van der Waals surface area contributed by atoms with Crippen LogP contribution in [0.1, 0.15) is 32.0 Å². The molecule has 2 N–H and O–H groups in total. The predicted molar refractivity (Wildman–Crippen MR) is 91.1 cm³/mol. The fourth-order valence-electron chi connectivity index (χ4n) is 2.64. The smallest absolute Gasteiger partial charge is 0.294 e. The Labute approximate surface area is 133 Å². The van der Waals surface area contributed by atoms with Crippen molar-refractivity contribution in [1.82, 2.24) is 9.36 Å². The van der Waals surface area contributed by atoms with E-state index in [9.17, 15) is 4.79 Å². The molecule has 4 nitrogen and oxygen atoms in total. The molecule has 0 bridgehead atoms. The van der Waals surface area contributed by atoms with Gasteiger partial charge in [0.2, 0.25) is 0 Å². The summed E-state index contributed by atoms with van der Waals surface area (Å²) in [4.78, 5) is 12.6. The van der Waals surface area contributed by atoms with E-state index < -0.39 is 0 Å². The van der Waals surface area contributed by atoms with Crippen LogP contribution in [0.25, 0.3) is 5.69 Å². The molecule has 0 aliphatic rings. The maximum absolute atomic E-state index is 12.6. The first-order valence-electron chi connectivity index (χ1n) is 7.23. The molecule has 1 heterocycles. The van der Waals surface area contributed by atoms with E-state index in [4.69, 9.17) is 5.73 Å². The molecule has 0 radical (unpaired) electrons. The second-order valence-corrected chi connectivity index (χ2v) is 6.64. The number of halogens is 1. The van der Waals surface area contributed by atoms with Crippen molar-refractivity contribution in [2.45, 2.75) is 40.7 Å². The first-order chi connectivity index (χ1) is 9.86. The van der Waals surface area contributed by atoms with Crippen molar-refractivity contribution in [2.75, 3.05) is 5.73 Å². The molecule has 1 aromatic heterocycles. The molecule has 0 saturated heterocycles. The van der Waals surface area contributed by atoms with E-state index in [1.165, 1.54) is 0 Å². The minimum absolute atomic E-state index is 0.127. The van der Waals surface area contributed by atoms with Crippen LogP contribution in [0, 0.1) is 12.8 Å². The lowest BCUT2D eigenvalue weighted by Crippen LogP contribution is -2.23. The number of nitrogens with two attached hydrogens (primary N) is 1. The molecule has 0 spiro atoms. The van der Waals surface area contributed by atoms with Gasteiger partial charge in [0.25, 0.3) is 5.56 Å². The summed E-state index contributed by atoms with van der Waals surface area (Å²) in [6.07, 6.45) is 0.803. The maximum atomic E-state index is 12.6. The Morgan fingerprint density at radius 2 is 2.00 bits per heavy atom. The van der Waals surface area contributed by atoms with Crippen LogP contribution in [0.3, 0.4) is 0 Å². The number of nitrogen functional groups attached to an aromatic ring is 1. The highest BCUT2D eigenvalue weighted by Crippen LogP contribution is 2.22. The van der Waals surface area contributed by atoms with Gasteiger partial charge in [-0.25, -0.2) is 4.68 Å². The number of nitrogens with zero attached hydrogens (tertiary/aromatic N) is 2. The Kier molecular flexibility index (Phi) is 4.61. The van der Waals surface area contributed by atoms with Crippen LogP contribution in [0.2, 0.25) is 0 Å². The number of rotatable bonds is 4. The summed E-state index contributed by atoms with van der Waals surface area (Å²) < 4.78 is 4.70. The van der Waals surface area contributed by atoms with Crippen molar-refractivity contribution in [1.29, 1.82) is 0 Å². The number of hydrogen-bond donors (Lipinski definition) is 1. The molecule has 0 unspecified atom stereocenters. The third-order valence-corrected chi connectivity index (χ3v) is 4.07. The van der Waals surface area contributed by atoms with Crippen LogP contribution in [0.15, 0.2) is 27.5 Å². The van der Waals surface area contributed by atoms with Crippen molar-refractivity contribution in [2.24, 2.45) is 5.92 Å². The van der Waals surface area contributed by atoms with Crippen molar-refractivity contribution >= 4 is 21.6 Å². The monoisotopic (exact) mass is 351 g/mol. The molecule has 0 fully saturated rings. The molecule has 0 aliphatic carbocycles. The summed E-state index contributed by atoms with van der Waals surface area (Å²) in [5.41, 5.74) is 9.17. The van der Waals surface area contributed by atoms with E-state index in [0.29, 0.717) is 18.2 Å². The van der Waals surface area contributed by atoms with Crippen LogP contribution in [-0.2, 0) is 13.0 Å². The highest BCUT2D eigenvalue weighted by atomic mass is 79.9. The summed E-state index contributed by atoms with van der Waals surface area (Å²) >= 11 is 3.46. The number of aryl methyl sites for hydroxylation is 1. The van der Waals surface area contributed by atoms with Crippen molar-refractivity contribution < 1.29 is 0 Å². The fraction of sp³-hybridized carbons (Fsp3) is 0.438. The lowest BCUT2D eigenvalue weighted by atomic mass is 10.1. The Morgan fingerprint density at radius 1 is 1.33 bits per heavy atom. The zero-order valence-corrected chi connectivity index (χ0v) is 14.6. The van der Waals surface area contributed by atoms with Gasteiger partial charge < -0.3 is 5.73 Å². The summed E-state index contributed by atoms with van der Waals surface area (Å²) in [7, 11) is 0. The number of aromatic nitrogens is 2. The van der Waals surface area contributed by atoms with Gasteiger partial charge in [-0.1, -0.05) is 29.8 Å². The van der Waals surface area contributed by atoms with Gasteiger partial charge in [-0.15, -0.1) is 0 Å². The average Bonchev–Trinajstić information content (AvgIpc) is 2.63. The maximum Gasteiger partial charge on any atom is 0.294 e. The minimum atomic E-state index is -0.127. The van der Waals surface area contributed by atoms with Crippen LogP contribution in [0.5, 0.6) is 0 Å². The molecular formula is C16H22BrN3O. The van der Waals surface area contributed by atoms with Gasteiger partial charge in [0, 0.05) is 11.0 Å². The van der Waals surface area contributed by atoms with Crippen molar-refractivity contribution in [3.05, 3.63) is 44.3 Å². The number of benzene rings is 1. The van der Waals surface area contributed by atoms with E-state index in [-0.39, 0.29) is 5.56 Å². The second-order valence-electron chi connectivity index (χ2n) is 5.72. The Morgan fingerprint density at radius 3 is 2.52 bits per heavy atom. The summed E-state index contributed by atoms with van der Waals surface area (Å²) in [5, 5.41) is 0. The first kappa shape index (κ1) is 15.9. The Hall–Kier alpha value is -1.49. The van der Waals surface area contributed by atoms with Gasteiger partial charge in [-0.2, -0.15) is 0 Å². The summed E-state index contributed by atoms with van der Waals surface area (Å²) in [6.45, 7) is 9.01. The molecule has 1 aromatic carbocycles. The van der Waals surface area contributed by atoms with Crippen LogP contribution >= 0.6 is 15.9 Å². The number of anilines is 1.